The lowest BCUT2D eigenvalue weighted by Crippen LogP contribution is -2.41. The highest BCUT2D eigenvalue weighted by atomic mass is 19.1. The maximum absolute atomic E-state index is 12.9. The molecule has 27 heavy (non-hydrogen) atoms. The van der Waals surface area contributed by atoms with Crippen LogP contribution in [0.1, 0.15) is 23.7 Å². The van der Waals surface area contributed by atoms with E-state index in [9.17, 15) is 19.1 Å². The van der Waals surface area contributed by atoms with E-state index in [1.54, 1.807) is 0 Å². The lowest BCUT2D eigenvalue weighted by Gasteiger charge is -2.25. The number of halogens is 1. The van der Waals surface area contributed by atoms with E-state index in [1.165, 1.54) is 24.3 Å². The van der Waals surface area contributed by atoms with E-state index in [0.29, 0.717) is 6.61 Å². The Morgan fingerprint density at radius 3 is 2.70 bits per heavy atom. The normalized spacial score (nSPS) is 16.9. The Kier molecular flexibility index (Phi) is 6.03. The molecule has 2 N–H and O–H groups in total. The number of aliphatic carboxylic acids is 1. The van der Waals surface area contributed by atoms with Crippen LogP contribution in [0, 0.1) is 5.82 Å². The number of benzene rings is 2. The van der Waals surface area contributed by atoms with Gasteiger partial charge in [0, 0.05) is 0 Å². The number of rotatable bonds is 7. The van der Waals surface area contributed by atoms with Gasteiger partial charge in [-0.05, 0) is 41.8 Å². The van der Waals surface area contributed by atoms with E-state index in [4.69, 9.17) is 9.47 Å². The summed E-state index contributed by atoms with van der Waals surface area (Å²) in [5.41, 5.74) is 2.14. The minimum atomic E-state index is -1.28. The number of carboxylic acids is 1. The first-order valence-electron chi connectivity index (χ1n) is 8.64. The molecule has 7 heteroatoms. The molecular formula is C20H20FNO5. The van der Waals surface area contributed by atoms with Crippen LogP contribution in [-0.4, -0.2) is 36.2 Å². The van der Waals surface area contributed by atoms with Crippen LogP contribution in [0.4, 0.5) is 4.39 Å². The van der Waals surface area contributed by atoms with Crippen LogP contribution in [0.5, 0.6) is 5.75 Å². The average Bonchev–Trinajstić information content (AvgIpc) is 2.66. The molecule has 1 aliphatic rings. The Balaban J connectivity index is 1.55. The fourth-order valence-electron chi connectivity index (χ4n) is 2.95. The minimum Gasteiger partial charge on any atom is -0.478 e. The van der Waals surface area contributed by atoms with Crippen molar-refractivity contribution in [1.29, 1.82) is 0 Å². The molecule has 0 aromatic heterocycles. The second kappa shape index (κ2) is 8.64. The van der Waals surface area contributed by atoms with E-state index in [0.717, 1.165) is 17.5 Å². The number of nitrogens with one attached hydrogen (secondary N) is 1. The van der Waals surface area contributed by atoms with Crippen LogP contribution in [-0.2, 0) is 20.7 Å². The largest absolute Gasteiger partial charge is 0.478 e. The highest BCUT2D eigenvalue weighted by molar-refractivity contribution is 5.79. The highest BCUT2D eigenvalue weighted by Crippen LogP contribution is 2.29. The summed E-state index contributed by atoms with van der Waals surface area (Å²) in [6.45, 7) is 0.334. The van der Waals surface area contributed by atoms with Gasteiger partial charge in [0.05, 0.1) is 25.7 Å². The second-order valence-corrected chi connectivity index (χ2v) is 6.22. The summed E-state index contributed by atoms with van der Waals surface area (Å²) >= 11 is 0. The molecule has 2 atom stereocenters. The van der Waals surface area contributed by atoms with Gasteiger partial charge in [0.15, 0.2) is 0 Å². The molecule has 0 fully saturated rings. The van der Waals surface area contributed by atoms with E-state index < -0.39 is 17.9 Å². The second-order valence-electron chi connectivity index (χ2n) is 6.22. The molecule has 0 aliphatic carbocycles. The Bertz CT molecular complexity index is 808. The zero-order valence-corrected chi connectivity index (χ0v) is 14.6. The summed E-state index contributed by atoms with van der Waals surface area (Å²) in [7, 11) is 0. The van der Waals surface area contributed by atoms with Crippen molar-refractivity contribution in [3.05, 3.63) is 65.5 Å². The number of carbonyl (C=O) groups excluding carboxylic acids is 1. The van der Waals surface area contributed by atoms with Gasteiger partial charge >= 0.3 is 5.97 Å². The minimum absolute atomic E-state index is 0.0971. The van der Waals surface area contributed by atoms with Crippen LogP contribution in [0.2, 0.25) is 0 Å². The SMILES string of the molecule is O=C(CC1OCCc2ccccc21)NCC(Oc1ccc(F)cc1)C(=O)O. The van der Waals surface area contributed by atoms with Crippen LogP contribution in [0.25, 0.3) is 0 Å². The summed E-state index contributed by atoms with van der Waals surface area (Å²) in [5, 5.41) is 11.9. The van der Waals surface area contributed by atoms with E-state index in [-0.39, 0.29) is 30.7 Å². The molecule has 1 amide bonds. The number of hydrogen-bond acceptors (Lipinski definition) is 4. The van der Waals surface area contributed by atoms with Crippen LogP contribution in [0.3, 0.4) is 0 Å². The number of amides is 1. The molecule has 6 nitrogen and oxygen atoms in total. The van der Waals surface area contributed by atoms with E-state index in [1.807, 2.05) is 24.3 Å². The third kappa shape index (κ3) is 5.04. The van der Waals surface area contributed by atoms with Crippen LogP contribution >= 0.6 is 0 Å². The summed E-state index contributed by atoms with van der Waals surface area (Å²) in [6.07, 6.45) is -0.726. The standard InChI is InChI=1S/C20H20FNO5/c21-14-5-7-15(8-6-14)27-18(20(24)25)12-22-19(23)11-17-16-4-2-1-3-13(16)9-10-26-17/h1-8,17-18H,9-12H2,(H,22,23)(H,24,25). The van der Waals surface area contributed by atoms with Crippen molar-refractivity contribution in [2.24, 2.45) is 0 Å². The van der Waals surface area contributed by atoms with Crippen molar-refractivity contribution >= 4 is 11.9 Å². The zero-order valence-electron chi connectivity index (χ0n) is 14.6. The van der Waals surface area contributed by atoms with Gasteiger partial charge in [-0.2, -0.15) is 0 Å². The molecule has 0 radical (unpaired) electrons. The Hall–Kier alpha value is -2.93. The van der Waals surface area contributed by atoms with Crippen molar-refractivity contribution in [3.8, 4) is 5.75 Å². The smallest absolute Gasteiger partial charge is 0.346 e. The number of ether oxygens (including phenoxy) is 2. The molecule has 2 aromatic carbocycles. The average molecular weight is 373 g/mol. The highest BCUT2D eigenvalue weighted by Gasteiger charge is 2.25. The maximum Gasteiger partial charge on any atom is 0.346 e. The Labute approximate surface area is 155 Å². The Morgan fingerprint density at radius 2 is 1.96 bits per heavy atom. The Morgan fingerprint density at radius 1 is 1.22 bits per heavy atom. The number of carboxylic acid groups (broad SMARTS) is 1. The topological polar surface area (TPSA) is 84.9 Å². The fraction of sp³-hybridized carbons (Fsp3) is 0.300. The summed E-state index contributed by atoms with van der Waals surface area (Å²) in [4.78, 5) is 23.6. The maximum atomic E-state index is 12.9. The van der Waals surface area contributed by atoms with Crippen LogP contribution in [0.15, 0.2) is 48.5 Å². The quantitative estimate of drug-likeness (QED) is 0.779. The molecule has 2 unspecified atom stereocenters. The number of carbonyl (C=O) groups is 2. The van der Waals surface area contributed by atoms with Gasteiger partial charge in [-0.25, -0.2) is 9.18 Å². The first-order chi connectivity index (χ1) is 13.0. The molecule has 3 rings (SSSR count). The first-order valence-corrected chi connectivity index (χ1v) is 8.64. The molecule has 0 saturated carbocycles. The summed E-state index contributed by atoms with van der Waals surface area (Å²) in [6, 6.07) is 12.8. The lowest BCUT2D eigenvalue weighted by atomic mass is 9.95. The number of fused-ring (bicyclic) bond motifs is 1. The van der Waals surface area contributed by atoms with E-state index in [2.05, 4.69) is 5.32 Å². The molecule has 142 valence electrons. The van der Waals surface area contributed by atoms with Gasteiger partial charge in [-0.1, -0.05) is 24.3 Å². The van der Waals surface area contributed by atoms with Crippen molar-refractivity contribution in [3.63, 3.8) is 0 Å². The van der Waals surface area contributed by atoms with Crippen molar-refractivity contribution < 1.29 is 28.6 Å². The van der Waals surface area contributed by atoms with E-state index >= 15 is 0 Å². The van der Waals surface area contributed by atoms with Gasteiger partial charge in [-0.3, -0.25) is 4.79 Å². The third-order valence-corrected chi connectivity index (χ3v) is 4.32. The molecule has 1 aliphatic heterocycles. The molecule has 0 saturated heterocycles. The molecular weight excluding hydrogens is 353 g/mol. The predicted octanol–water partition coefficient (Wildman–Crippen LogP) is 2.48. The van der Waals surface area contributed by atoms with Crippen molar-refractivity contribution in [2.75, 3.05) is 13.2 Å². The third-order valence-electron chi connectivity index (χ3n) is 4.32. The van der Waals surface area contributed by atoms with Crippen molar-refractivity contribution in [1.82, 2.24) is 5.32 Å². The zero-order chi connectivity index (χ0) is 19.2. The van der Waals surface area contributed by atoms with Gasteiger partial charge in [0.1, 0.15) is 11.6 Å². The lowest BCUT2D eigenvalue weighted by molar-refractivity contribution is -0.145. The first kappa shape index (κ1) is 18.8. The van der Waals surface area contributed by atoms with Gasteiger partial charge in [0.2, 0.25) is 12.0 Å². The summed E-state index contributed by atoms with van der Waals surface area (Å²) < 4.78 is 23.9. The predicted molar refractivity (Wildman–Crippen MR) is 94.9 cm³/mol. The van der Waals surface area contributed by atoms with Gasteiger partial charge in [0.25, 0.3) is 0 Å². The monoisotopic (exact) mass is 373 g/mol. The van der Waals surface area contributed by atoms with Crippen LogP contribution < -0.4 is 10.1 Å². The molecule has 0 spiro atoms. The number of hydrogen-bond donors (Lipinski definition) is 2. The van der Waals surface area contributed by atoms with Crippen molar-refractivity contribution in [2.45, 2.75) is 25.0 Å². The molecule has 1 heterocycles. The van der Waals surface area contributed by atoms with Gasteiger partial charge < -0.3 is 19.9 Å². The fourth-order valence-corrected chi connectivity index (χ4v) is 2.95. The summed E-state index contributed by atoms with van der Waals surface area (Å²) in [5.74, 6) is -1.79. The molecule has 0 bridgehead atoms. The van der Waals surface area contributed by atoms with Gasteiger partial charge in [-0.15, -0.1) is 0 Å². The molecule has 2 aromatic rings.